The van der Waals surface area contributed by atoms with Gasteiger partial charge in [-0.15, -0.1) is 0 Å². The smallest absolute Gasteiger partial charge is 0.173 e. The van der Waals surface area contributed by atoms with Crippen molar-refractivity contribution < 1.29 is 14.3 Å². The maximum atomic E-state index is 13.3. The van der Waals surface area contributed by atoms with Crippen molar-refractivity contribution in [2.45, 2.75) is 26.7 Å². The van der Waals surface area contributed by atoms with E-state index in [1.165, 1.54) is 0 Å². The highest BCUT2D eigenvalue weighted by Gasteiger charge is 2.31. The highest BCUT2D eigenvalue weighted by Crippen LogP contribution is 2.33. The molecular weight excluding hydrogens is 364 g/mol. The number of rotatable bonds is 9. The molecule has 0 fully saturated rings. The van der Waals surface area contributed by atoms with Gasteiger partial charge in [-0.2, -0.15) is 0 Å². The molecule has 3 rings (SSSR count). The van der Waals surface area contributed by atoms with Gasteiger partial charge in [0.15, 0.2) is 5.78 Å². The van der Waals surface area contributed by atoms with E-state index < -0.39 is 0 Å². The number of ether oxygens (including phenoxy) is 2. The predicted octanol–water partition coefficient (Wildman–Crippen LogP) is 4.56. The lowest BCUT2D eigenvalue weighted by atomic mass is 9.84. The lowest BCUT2D eigenvalue weighted by Crippen LogP contribution is -2.34. The third kappa shape index (κ3) is 4.67. The van der Waals surface area contributed by atoms with Crippen LogP contribution in [0.25, 0.3) is 0 Å². The molecule has 154 valence electrons. The van der Waals surface area contributed by atoms with Gasteiger partial charge in [0, 0.05) is 23.3 Å². The average molecular weight is 395 g/mol. The second-order valence-electron chi connectivity index (χ2n) is 7.21. The van der Waals surface area contributed by atoms with Crippen LogP contribution in [0.2, 0.25) is 0 Å². The molecule has 0 aliphatic carbocycles. The van der Waals surface area contributed by atoms with Crippen LogP contribution in [-0.4, -0.2) is 50.2 Å². The number of Topliss-reactive ketones (excluding diaryl/α,β-unsaturated/α-hetero) is 1. The minimum Gasteiger partial charge on any atom is -0.497 e. The Hall–Kier alpha value is -2.66. The summed E-state index contributed by atoms with van der Waals surface area (Å²) in [5, 5.41) is 0. The first-order valence-corrected chi connectivity index (χ1v) is 10.2. The Morgan fingerprint density at radius 1 is 1.03 bits per heavy atom. The zero-order valence-corrected chi connectivity index (χ0v) is 17.8. The van der Waals surface area contributed by atoms with E-state index in [1.54, 1.807) is 14.2 Å². The summed E-state index contributed by atoms with van der Waals surface area (Å²) < 4.78 is 10.9. The molecule has 0 aromatic heterocycles. The molecule has 1 heterocycles. The molecule has 2 aromatic rings. The molecule has 1 atom stereocenters. The van der Waals surface area contributed by atoms with E-state index in [2.05, 4.69) is 18.7 Å². The number of carbonyl (C=O) groups excluding carboxylic acids is 1. The highest BCUT2D eigenvalue weighted by atomic mass is 16.5. The molecule has 29 heavy (non-hydrogen) atoms. The molecule has 5 heteroatoms. The number of hydrogen-bond donors (Lipinski definition) is 0. The van der Waals surface area contributed by atoms with Crippen molar-refractivity contribution in [2.24, 2.45) is 10.9 Å². The molecule has 0 spiro atoms. The molecule has 0 saturated heterocycles. The van der Waals surface area contributed by atoms with Crippen molar-refractivity contribution in [1.29, 1.82) is 0 Å². The van der Waals surface area contributed by atoms with Crippen LogP contribution in [-0.2, 0) is 6.42 Å². The quantitative estimate of drug-likeness (QED) is 0.625. The first kappa shape index (κ1) is 21.1. The number of ketones is 1. The standard InChI is InChI=1S/C24H30N2O3/c1-5-26(6-2)14-13-20-22(25-21-10-8-7-9-19(21)24(20)27)16-17-15-18(28-3)11-12-23(17)29-4/h7-12,15,20H,5-6,13-14,16H2,1-4H3. The summed E-state index contributed by atoms with van der Waals surface area (Å²) in [7, 11) is 3.31. The fourth-order valence-electron chi connectivity index (χ4n) is 3.88. The van der Waals surface area contributed by atoms with Crippen LogP contribution < -0.4 is 9.47 Å². The second kappa shape index (κ2) is 9.70. The van der Waals surface area contributed by atoms with Crippen molar-refractivity contribution in [2.75, 3.05) is 33.9 Å². The largest absolute Gasteiger partial charge is 0.497 e. The van der Waals surface area contributed by atoms with Gasteiger partial charge in [0.1, 0.15) is 11.5 Å². The minimum absolute atomic E-state index is 0.166. The molecule has 0 amide bonds. The SMILES string of the molecule is CCN(CC)CCC1C(=O)c2ccccc2N=C1Cc1cc(OC)ccc1OC. The van der Waals surface area contributed by atoms with E-state index in [0.29, 0.717) is 6.42 Å². The number of para-hydroxylation sites is 1. The monoisotopic (exact) mass is 394 g/mol. The van der Waals surface area contributed by atoms with Crippen LogP contribution in [0.3, 0.4) is 0 Å². The lowest BCUT2D eigenvalue weighted by Gasteiger charge is -2.27. The second-order valence-corrected chi connectivity index (χ2v) is 7.21. The summed E-state index contributed by atoms with van der Waals surface area (Å²) in [6, 6.07) is 13.4. The topological polar surface area (TPSA) is 51.1 Å². The van der Waals surface area contributed by atoms with Gasteiger partial charge >= 0.3 is 0 Å². The van der Waals surface area contributed by atoms with Crippen LogP contribution in [0.4, 0.5) is 5.69 Å². The molecule has 1 unspecified atom stereocenters. The summed E-state index contributed by atoms with van der Waals surface area (Å²) in [6.45, 7) is 7.13. The average Bonchev–Trinajstić information content (AvgIpc) is 2.76. The maximum Gasteiger partial charge on any atom is 0.173 e. The summed E-state index contributed by atoms with van der Waals surface area (Å²) in [6.07, 6.45) is 1.32. The third-order valence-corrected chi connectivity index (χ3v) is 5.64. The Bertz CT molecular complexity index is 887. The van der Waals surface area contributed by atoms with Crippen LogP contribution >= 0.6 is 0 Å². The van der Waals surface area contributed by atoms with Crippen molar-refractivity contribution in [1.82, 2.24) is 4.90 Å². The van der Waals surface area contributed by atoms with Crippen LogP contribution in [0, 0.1) is 5.92 Å². The molecule has 0 N–H and O–H groups in total. The molecule has 1 aliphatic heterocycles. The number of benzene rings is 2. The number of hydrogen-bond acceptors (Lipinski definition) is 5. The third-order valence-electron chi connectivity index (χ3n) is 5.64. The molecule has 0 saturated carbocycles. The first-order valence-electron chi connectivity index (χ1n) is 10.2. The number of fused-ring (bicyclic) bond motifs is 1. The Morgan fingerprint density at radius 2 is 1.79 bits per heavy atom. The van der Waals surface area contributed by atoms with Crippen molar-refractivity contribution in [3.05, 3.63) is 53.6 Å². The highest BCUT2D eigenvalue weighted by molar-refractivity contribution is 6.18. The van der Waals surface area contributed by atoms with E-state index in [1.807, 2.05) is 42.5 Å². The fourth-order valence-corrected chi connectivity index (χ4v) is 3.88. The Kier molecular flexibility index (Phi) is 7.04. The van der Waals surface area contributed by atoms with E-state index >= 15 is 0 Å². The van der Waals surface area contributed by atoms with Gasteiger partial charge in [0.2, 0.25) is 0 Å². The van der Waals surface area contributed by atoms with E-state index in [4.69, 9.17) is 14.5 Å². The number of carbonyl (C=O) groups is 1. The number of methoxy groups -OCH3 is 2. The number of aliphatic imine (C=N–C) groups is 1. The Labute approximate surface area is 173 Å². The lowest BCUT2D eigenvalue weighted by molar-refractivity contribution is 0.0940. The van der Waals surface area contributed by atoms with Crippen LogP contribution in [0.5, 0.6) is 11.5 Å². The van der Waals surface area contributed by atoms with Gasteiger partial charge in [-0.3, -0.25) is 9.79 Å². The molecule has 5 nitrogen and oxygen atoms in total. The van der Waals surface area contributed by atoms with Gasteiger partial charge in [0.25, 0.3) is 0 Å². The van der Waals surface area contributed by atoms with Gasteiger partial charge < -0.3 is 14.4 Å². The minimum atomic E-state index is -0.221. The summed E-state index contributed by atoms with van der Waals surface area (Å²) in [5.74, 6) is 1.49. The van der Waals surface area contributed by atoms with E-state index in [9.17, 15) is 4.79 Å². The Balaban J connectivity index is 1.96. The number of nitrogens with zero attached hydrogens (tertiary/aromatic N) is 2. The van der Waals surface area contributed by atoms with Crippen molar-refractivity contribution in [3.63, 3.8) is 0 Å². The predicted molar refractivity (Wildman–Crippen MR) is 117 cm³/mol. The maximum absolute atomic E-state index is 13.3. The van der Waals surface area contributed by atoms with Gasteiger partial charge in [-0.25, -0.2) is 0 Å². The molecule has 1 aliphatic rings. The van der Waals surface area contributed by atoms with E-state index in [-0.39, 0.29) is 11.7 Å². The molecular formula is C24H30N2O3. The summed E-state index contributed by atoms with van der Waals surface area (Å²) >= 11 is 0. The zero-order chi connectivity index (χ0) is 20.8. The molecule has 2 aromatic carbocycles. The normalized spacial score (nSPS) is 15.8. The molecule has 0 radical (unpaired) electrons. The van der Waals surface area contributed by atoms with Crippen LogP contribution in [0.1, 0.15) is 36.2 Å². The van der Waals surface area contributed by atoms with Crippen LogP contribution in [0.15, 0.2) is 47.5 Å². The van der Waals surface area contributed by atoms with Gasteiger partial charge in [-0.1, -0.05) is 26.0 Å². The van der Waals surface area contributed by atoms with Crippen molar-refractivity contribution in [3.8, 4) is 11.5 Å². The first-order chi connectivity index (χ1) is 14.1. The molecule has 0 bridgehead atoms. The summed E-state index contributed by atoms with van der Waals surface area (Å²) in [4.78, 5) is 20.6. The Morgan fingerprint density at radius 3 is 2.48 bits per heavy atom. The van der Waals surface area contributed by atoms with Crippen molar-refractivity contribution >= 4 is 17.2 Å². The van der Waals surface area contributed by atoms with Gasteiger partial charge in [-0.05, 0) is 56.4 Å². The summed E-state index contributed by atoms with van der Waals surface area (Å²) in [5.41, 5.74) is 3.35. The van der Waals surface area contributed by atoms with E-state index in [0.717, 1.165) is 60.1 Å². The van der Waals surface area contributed by atoms with Gasteiger partial charge in [0.05, 0.1) is 25.8 Å². The fraction of sp³-hybridized carbons (Fsp3) is 0.417. The zero-order valence-electron chi connectivity index (χ0n) is 17.8.